The first-order chi connectivity index (χ1) is 16.5. The number of carboxylic acids is 1. The summed E-state index contributed by atoms with van der Waals surface area (Å²) >= 11 is 3.67. The van der Waals surface area contributed by atoms with Gasteiger partial charge in [0.05, 0.1) is 9.40 Å². The Hall–Kier alpha value is -2.44. The lowest BCUT2D eigenvalue weighted by atomic mass is 10.1. The number of fused-ring (bicyclic) bond motifs is 5. The third kappa shape index (κ3) is 6.16. The van der Waals surface area contributed by atoms with E-state index in [4.69, 9.17) is 9.84 Å². The van der Waals surface area contributed by atoms with Gasteiger partial charge in [-0.2, -0.15) is 0 Å². The Labute approximate surface area is 208 Å². The van der Waals surface area contributed by atoms with Crippen LogP contribution in [0.4, 0.5) is 0 Å². The smallest absolute Gasteiger partial charge is 0.306 e. The molecule has 0 aliphatic heterocycles. The number of benzene rings is 2. The maximum atomic E-state index is 12.3. The summed E-state index contributed by atoms with van der Waals surface area (Å²) in [6, 6.07) is 15.0. The highest BCUT2D eigenvalue weighted by molar-refractivity contribution is 7.36. The molecule has 2 aromatic carbocycles. The van der Waals surface area contributed by atoms with E-state index in [2.05, 4.69) is 42.5 Å². The number of rotatable bonds is 13. The highest BCUT2D eigenvalue weighted by Crippen LogP contribution is 2.44. The number of carboxylic acid groups (broad SMARTS) is 1. The van der Waals surface area contributed by atoms with E-state index in [0.717, 1.165) is 56.9 Å². The lowest BCUT2D eigenvalue weighted by molar-refractivity contribution is -0.148. The standard InChI is InChI=1S/C28H32O4S2/c1-19(32-26(31)15-9-7-5-3-2-4-6-8-14-25(29)30)20-16-17-22-24(18-20)34-27-21-12-10-11-13-23(21)33-28(22)27/h10-13,16-19H,2-9,14-15H2,1H3,(H,29,30). The van der Waals surface area contributed by atoms with Gasteiger partial charge in [-0.1, -0.05) is 68.9 Å². The number of hydrogen-bond donors (Lipinski definition) is 1. The van der Waals surface area contributed by atoms with Gasteiger partial charge in [0.25, 0.3) is 0 Å². The Kier molecular flexibility index (Phi) is 8.57. The second kappa shape index (κ2) is 11.8. The average Bonchev–Trinajstić information content (AvgIpc) is 3.35. The number of esters is 1. The van der Waals surface area contributed by atoms with Crippen molar-refractivity contribution in [3.8, 4) is 0 Å². The van der Waals surface area contributed by atoms with Gasteiger partial charge in [-0.15, -0.1) is 22.7 Å². The first-order valence-corrected chi connectivity index (χ1v) is 13.9. The summed E-state index contributed by atoms with van der Waals surface area (Å²) in [6.45, 7) is 1.95. The van der Waals surface area contributed by atoms with Gasteiger partial charge in [0, 0.05) is 33.0 Å². The van der Waals surface area contributed by atoms with E-state index in [9.17, 15) is 9.59 Å². The monoisotopic (exact) mass is 496 g/mol. The predicted octanol–water partition coefficient (Wildman–Crippen LogP) is 8.86. The molecule has 0 amide bonds. The molecule has 2 aromatic heterocycles. The molecule has 2 heterocycles. The number of thiophene rings is 2. The summed E-state index contributed by atoms with van der Waals surface area (Å²) in [6.07, 6.45) is 8.63. The van der Waals surface area contributed by atoms with Crippen LogP contribution in [0.2, 0.25) is 0 Å². The molecule has 0 bridgehead atoms. The van der Waals surface area contributed by atoms with E-state index in [1.54, 1.807) is 0 Å². The third-order valence-corrected chi connectivity index (χ3v) is 8.83. The van der Waals surface area contributed by atoms with Gasteiger partial charge in [0.1, 0.15) is 6.10 Å². The van der Waals surface area contributed by atoms with Crippen LogP contribution in [0.25, 0.3) is 29.6 Å². The van der Waals surface area contributed by atoms with Gasteiger partial charge in [0.15, 0.2) is 0 Å². The fourth-order valence-corrected chi connectivity index (χ4v) is 7.11. The number of carbonyl (C=O) groups is 2. The highest BCUT2D eigenvalue weighted by atomic mass is 32.1. The van der Waals surface area contributed by atoms with Crippen LogP contribution >= 0.6 is 22.7 Å². The minimum Gasteiger partial charge on any atom is -0.481 e. The third-order valence-electron chi connectivity index (χ3n) is 6.31. The molecule has 4 rings (SSSR count). The Morgan fingerprint density at radius 1 is 0.794 bits per heavy atom. The van der Waals surface area contributed by atoms with Crippen molar-refractivity contribution >= 4 is 64.2 Å². The van der Waals surface area contributed by atoms with Crippen LogP contribution in [0.1, 0.15) is 82.8 Å². The minimum absolute atomic E-state index is 0.126. The largest absolute Gasteiger partial charge is 0.481 e. The van der Waals surface area contributed by atoms with E-state index in [0.29, 0.717) is 6.42 Å². The molecular formula is C28H32O4S2. The molecule has 1 atom stereocenters. The molecule has 0 fully saturated rings. The van der Waals surface area contributed by atoms with E-state index >= 15 is 0 Å². The Morgan fingerprint density at radius 3 is 2.09 bits per heavy atom. The van der Waals surface area contributed by atoms with Crippen molar-refractivity contribution in [2.24, 2.45) is 0 Å². The fraction of sp³-hybridized carbons (Fsp3) is 0.429. The Bertz CT molecular complexity index is 1270. The molecule has 1 unspecified atom stereocenters. The lowest BCUT2D eigenvalue weighted by Gasteiger charge is -2.14. The van der Waals surface area contributed by atoms with Gasteiger partial charge in [-0.3, -0.25) is 9.59 Å². The van der Waals surface area contributed by atoms with Crippen molar-refractivity contribution in [2.75, 3.05) is 0 Å². The van der Waals surface area contributed by atoms with Crippen molar-refractivity contribution in [1.82, 2.24) is 0 Å². The second-order valence-corrected chi connectivity index (χ2v) is 11.1. The van der Waals surface area contributed by atoms with E-state index in [1.807, 2.05) is 29.6 Å². The fourth-order valence-electron chi connectivity index (χ4n) is 4.40. The quantitative estimate of drug-likeness (QED) is 0.148. The highest BCUT2D eigenvalue weighted by Gasteiger charge is 2.16. The molecule has 4 aromatic rings. The van der Waals surface area contributed by atoms with Crippen LogP contribution in [0.3, 0.4) is 0 Å². The molecule has 4 nitrogen and oxygen atoms in total. The molecule has 0 aliphatic carbocycles. The maximum absolute atomic E-state index is 12.3. The summed E-state index contributed by atoms with van der Waals surface area (Å²) in [5.74, 6) is -0.832. The van der Waals surface area contributed by atoms with E-state index < -0.39 is 5.97 Å². The zero-order valence-corrected chi connectivity index (χ0v) is 21.3. The van der Waals surface area contributed by atoms with E-state index in [-0.39, 0.29) is 18.5 Å². The number of ether oxygens (including phenoxy) is 1. The van der Waals surface area contributed by atoms with Crippen LogP contribution in [-0.4, -0.2) is 17.0 Å². The van der Waals surface area contributed by atoms with Crippen LogP contribution in [0, 0.1) is 0 Å². The van der Waals surface area contributed by atoms with Gasteiger partial charge in [-0.05, 0) is 37.5 Å². The van der Waals surface area contributed by atoms with Crippen LogP contribution in [0.5, 0.6) is 0 Å². The zero-order chi connectivity index (χ0) is 23.9. The predicted molar refractivity (Wildman–Crippen MR) is 143 cm³/mol. The van der Waals surface area contributed by atoms with Crippen LogP contribution < -0.4 is 0 Å². The summed E-state index contributed by atoms with van der Waals surface area (Å²) < 4.78 is 11.0. The molecule has 0 radical (unpaired) electrons. The molecule has 0 spiro atoms. The zero-order valence-electron chi connectivity index (χ0n) is 19.7. The molecule has 180 valence electrons. The lowest BCUT2D eigenvalue weighted by Crippen LogP contribution is -2.08. The number of unbranched alkanes of at least 4 members (excludes halogenated alkanes) is 7. The van der Waals surface area contributed by atoms with Crippen molar-refractivity contribution in [2.45, 2.75) is 77.2 Å². The van der Waals surface area contributed by atoms with Crippen molar-refractivity contribution < 1.29 is 19.4 Å². The van der Waals surface area contributed by atoms with Gasteiger partial charge in [-0.25, -0.2) is 0 Å². The minimum atomic E-state index is -0.707. The summed E-state index contributed by atoms with van der Waals surface area (Å²) in [7, 11) is 0. The molecule has 0 aliphatic rings. The Balaban J connectivity index is 1.20. The van der Waals surface area contributed by atoms with Crippen molar-refractivity contribution in [3.63, 3.8) is 0 Å². The van der Waals surface area contributed by atoms with Crippen LogP contribution in [-0.2, 0) is 14.3 Å². The molecule has 1 N–H and O–H groups in total. The van der Waals surface area contributed by atoms with Gasteiger partial charge in [0.2, 0.25) is 0 Å². The van der Waals surface area contributed by atoms with Crippen LogP contribution in [0.15, 0.2) is 42.5 Å². The number of hydrogen-bond acceptors (Lipinski definition) is 5. The summed E-state index contributed by atoms with van der Waals surface area (Å²) in [5.41, 5.74) is 1.04. The number of carbonyl (C=O) groups excluding carboxylic acids is 1. The van der Waals surface area contributed by atoms with Gasteiger partial charge >= 0.3 is 11.9 Å². The molecule has 34 heavy (non-hydrogen) atoms. The van der Waals surface area contributed by atoms with Gasteiger partial charge < -0.3 is 9.84 Å². The normalized spacial score (nSPS) is 12.5. The molecule has 6 heteroatoms. The second-order valence-electron chi connectivity index (χ2n) is 8.97. The van der Waals surface area contributed by atoms with E-state index in [1.165, 1.54) is 29.6 Å². The molecular weight excluding hydrogens is 464 g/mol. The first-order valence-electron chi connectivity index (χ1n) is 12.3. The average molecular weight is 497 g/mol. The van der Waals surface area contributed by atoms with Crippen molar-refractivity contribution in [1.29, 1.82) is 0 Å². The summed E-state index contributed by atoms with van der Waals surface area (Å²) in [5, 5.41) is 11.2. The first kappa shape index (κ1) is 24.7. The Morgan fingerprint density at radius 2 is 1.38 bits per heavy atom. The maximum Gasteiger partial charge on any atom is 0.306 e. The SMILES string of the molecule is CC(OC(=O)CCCCCCCCCCC(=O)O)c1ccc2c(c1)sc1c3ccccc3sc21. The van der Waals surface area contributed by atoms with Crippen molar-refractivity contribution in [3.05, 3.63) is 48.0 Å². The molecule has 0 saturated carbocycles. The number of aliphatic carboxylic acids is 1. The topological polar surface area (TPSA) is 63.6 Å². The molecule has 0 saturated heterocycles. The summed E-state index contributed by atoms with van der Waals surface area (Å²) in [4.78, 5) is 22.8.